The molecule has 3 aromatic heterocycles. The van der Waals surface area contributed by atoms with Gasteiger partial charge in [-0.25, -0.2) is 0 Å². The standard InChI is InChI=1S/C21H27N7O2S/c1-15-7-10-27(11-8-15)20-24-25-21(28(20)13-16-5-4-12-29-16)31-14-18-23-19(26-30-18)17-6-2-3-9-22-17/h2-3,6,9,15-16H,4-5,7-8,10-14H2,1H3. The predicted molar refractivity (Wildman–Crippen MR) is 117 cm³/mol. The molecule has 5 heterocycles. The van der Waals surface area contributed by atoms with E-state index in [1.165, 1.54) is 12.8 Å². The maximum absolute atomic E-state index is 5.90. The van der Waals surface area contributed by atoms with Crippen molar-refractivity contribution in [3.8, 4) is 11.5 Å². The molecule has 0 saturated carbocycles. The summed E-state index contributed by atoms with van der Waals surface area (Å²) >= 11 is 1.57. The van der Waals surface area contributed by atoms with Crippen molar-refractivity contribution in [1.82, 2.24) is 29.9 Å². The summed E-state index contributed by atoms with van der Waals surface area (Å²) in [5, 5.41) is 14.0. The summed E-state index contributed by atoms with van der Waals surface area (Å²) in [6.45, 7) is 5.97. The van der Waals surface area contributed by atoms with Crippen LogP contribution in [0.4, 0.5) is 5.95 Å². The Morgan fingerprint density at radius 1 is 1.16 bits per heavy atom. The Balaban J connectivity index is 1.31. The van der Waals surface area contributed by atoms with Crippen molar-refractivity contribution >= 4 is 17.7 Å². The van der Waals surface area contributed by atoms with Crippen LogP contribution < -0.4 is 4.90 Å². The lowest BCUT2D eigenvalue weighted by molar-refractivity contribution is 0.0951. The Morgan fingerprint density at radius 2 is 2.06 bits per heavy atom. The van der Waals surface area contributed by atoms with Gasteiger partial charge in [0.25, 0.3) is 0 Å². The molecule has 0 amide bonds. The molecule has 164 valence electrons. The lowest BCUT2D eigenvalue weighted by Gasteiger charge is -2.31. The Labute approximate surface area is 185 Å². The van der Waals surface area contributed by atoms with E-state index < -0.39 is 0 Å². The van der Waals surface area contributed by atoms with Crippen LogP contribution in [-0.2, 0) is 17.0 Å². The molecule has 1 atom stereocenters. The molecule has 0 bridgehead atoms. The molecule has 2 aliphatic heterocycles. The van der Waals surface area contributed by atoms with Crippen LogP contribution in [0.1, 0.15) is 38.5 Å². The van der Waals surface area contributed by atoms with Gasteiger partial charge in [0, 0.05) is 25.9 Å². The largest absolute Gasteiger partial charge is 0.376 e. The zero-order valence-electron chi connectivity index (χ0n) is 17.7. The molecule has 1 unspecified atom stereocenters. The van der Waals surface area contributed by atoms with Gasteiger partial charge in [-0.3, -0.25) is 9.55 Å². The first kappa shape index (κ1) is 20.4. The fourth-order valence-electron chi connectivity index (χ4n) is 4.02. The Hall–Kier alpha value is -2.46. The van der Waals surface area contributed by atoms with Gasteiger partial charge in [-0.1, -0.05) is 29.9 Å². The fraction of sp³-hybridized carbons (Fsp3) is 0.571. The van der Waals surface area contributed by atoms with Crippen LogP contribution in [0.2, 0.25) is 0 Å². The number of ether oxygens (including phenoxy) is 1. The molecular weight excluding hydrogens is 414 g/mol. The minimum Gasteiger partial charge on any atom is -0.376 e. The normalized spacial score (nSPS) is 19.9. The van der Waals surface area contributed by atoms with Crippen molar-refractivity contribution in [1.29, 1.82) is 0 Å². The molecule has 2 saturated heterocycles. The van der Waals surface area contributed by atoms with E-state index in [4.69, 9.17) is 9.26 Å². The first-order valence-corrected chi connectivity index (χ1v) is 11.9. The number of hydrogen-bond acceptors (Lipinski definition) is 9. The molecule has 2 aliphatic rings. The number of hydrogen-bond donors (Lipinski definition) is 0. The molecule has 31 heavy (non-hydrogen) atoms. The van der Waals surface area contributed by atoms with Gasteiger partial charge in [-0.2, -0.15) is 4.98 Å². The molecule has 0 radical (unpaired) electrons. The average molecular weight is 442 g/mol. The van der Waals surface area contributed by atoms with E-state index in [2.05, 4.69) is 41.7 Å². The summed E-state index contributed by atoms with van der Waals surface area (Å²) in [6, 6.07) is 5.64. The summed E-state index contributed by atoms with van der Waals surface area (Å²) < 4.78 is 13.6. The summed E-state index contributed by atoms with van der Waals surface area (Å²) in [5.41, 5.74) is 0.700. The smallest absolute Gasteiger partial charge is 0.237 e. The van der Waals surface area contributed by atoms with Gasteiger partial charge in [0.2, 0.25) is 17.7 Å². The maximum Gasteiger partial charge on any atom is 0.237 e. The molecule has 3 aromatic rings. The SMILES string of the molecule is CC1CCN(c2nnc(SCc3nc(-c4ccccn4)no3)n2CC2CCCO2)CC1. The highest BCUT2D eigenvalue weighted by Gasteiger charge is 2.26. The Bertz CT molecular complexity index is 979. The number of nitrogens with zero attached hydrogens (tertiary/aromatic N) is 7. The summed E-state index contributed by atoms with van der Waals surface area (Å²) in [6.07, 6.45) is 6.51. The Kier molecular flexibility index (Phi) is 6.17. The van der Waals surface area contributed by atoms with Gasteiger partial charge in [0.1, 0.15) is 5.69 Å². The highest BCUT2D eigenvalue weighted by molar-refractivity contribution is 7.98. The minimum absolute atomic E-state index is 0.219. The van der Waals surface area contributed by atoms with Crippen LogP contribution in [-0.4, -0.2) is 55.7 Å². The third-order valence-corrected chi connectivity index (χ3v) is 6.81. The number of rotatable bonds is 7. The lowest BCUT2D eigenvalue weighted by Crippen LogP contribution is -2.35. The lowest BCUT2D eigenvalue weighted by atomic mass is 10.00. The molecule has 10 heteroatoms. The van der Waals surface area contributed by atoms with Crippen molar-refractivity contribution in [2.45, 2.75) is 56.2 Å². The van der Waals surface area contributed by atoms with E-state index in [9.17, 15) is 0 Å². The second kappa shape index (κ2) is 9.35. The molecular formula is C21H27N7O2S. The number of anilines is 1. The van der Waals surface area contributed by atoms with Gasteiger partial charge < -0.3 is 14.2 Å². The third kappa shape index (κ3) is 4.74. The number of piperidine rings is 1. The van der Waals surface area contributed by atoms with Crippen LogP contribution >= 0.6 is 11.8 Å². The summed E-state index contributed by atoms with van der Waals surface area (Å²) in [7, 11) is 0. The Morgan fingerprint density at radius 3 is 2.84 bits per heavy atom. The third-order valence-electron chi connectivity index (χ3n) is 5.86. The van der Waals surface area contributed by atoms with E-state index >= 15 is 0 Å². The number of thioether (sulfide) groups is 1. The topological polar surface area (TPSA) is 95.0 Å². The van der Waals surface area contributed by atoms with E-state index in [0.717, 1.165) is 56.1 Å². The van der Waals surface area contributed by atoms with Gasteiger partial charge >= 0.3 is 0 Å². The summed E-state index contributed by atoms with van der Waals surface area (Å²) in [4.78, 5) is 11.1. The van der Waals surface area contributed by atoms with Crippen molar-refractivity contribution < 1.29 is 9.26 Å². The van der Waals surface area contributed by atoms with Gasteiger partial charge in [0.15, 0.2) is 5.16 Å². The second-order valence-corrected chi connectivity index (χ2v) is 9.16. The highest BCUT2D eigenvalue weighted by Crippen LogP contribution is 2.29. The first-order valence-electron chi connectivity index (χ1n) is 10.9. The molecule has 9 nitrogen and oxygen atoms in total. The van der Waals surface area contributed by atoms with Gasteiger partial charge in [0.05, 0.1) is 18.4 Å². The minimum atomic E-state index is 0.219. The van der Waals surface area contributed by atoms with Crippen molar-refractivity contribution in [3.05, 3.63) is 30.3 Å². The van der Waals surface area contributed by atoms with E-state index in [0.29, 0.717) is 23.2 Å². The quantitative estimate of drug-likeness (QED) is 0.511. The summed E-state index contributed by atoms with van der Waals surface area (Å²) in [5.74, 6) is 3.29. The van der Waals surface area contributed by atoms with Crippen LogP contribution in [0, 0.1) is 5.92 Å². The monoisotopic (exact) mass is 441 g/mol. The van der Waals surface area contributed by atoms with Crippen LogP contribution in [0.25, 0.3) is 11.5 Å². The fourth-order valence-corrected chi connectivity index (χ4v) is 4.80. The molecule has 0 aromatic carbocycles. The van der Waals surface area contributed by atoms with Crippen LogP contribution in [0.3, 0.4) is 0 Å². The molecule has 0 spiro atoms. The maximum atomic E-state index is 5.90. The van der Waals surface area contributed by atoms with E-state index in [1.807, 2.05) is 18.2 Å². The zero-order valence-corrected chi connectivity index (χ0v) is 18.5. The first-order chi connectivity index (χ1) is 15.3. The van der Waals surface area contributed by atoms with Crippen LogP contribution in [0.15, 0.2) is 34.1 Å². The van der Waals surface area contributed by atoms with E-state index in [-0.39, 0.29) is 6.10 Å². The van der Waals surface area contributed by atoms with Crippen molar-refractivity contribution in [2.24, 2.45) is 5.92 Å². The second-order valence-electron chi connectivity index (χ2n) is 8.21. The average Bonchev–Trinajstić information content (AvgIpc) is 3.56. The van der Waals surface area contributed by atoms with Gasteiger partial charge in [-0.05, 0) is 43.7 Å². The molecule has 5 rings (SSSR count). The molecule has 0 N–H and O–H groups in total. The predicted octanol–water partition coefficient (Wildman–Crippen LogP) is 3.43. The van der Waals surface area contributed by atoms with E-state index in [1.54, 1.807) is 18.0 Å². The number of aromatic nitrogens is 6. The molecule has 0 aliphatic carbocycles. The zero-order chi connectivity index (χ0) is 21.0. The van der Waals surface area contributed by atoms with Crippen LogP contribution in [0.5, 0.6) is 0 Å². The highest BCUT2D eigenvalue weighted by atomic mass is 32.2. The van der Waals surface area contributed by atoms with Crippen molar-refractivity contribution in [3.63, 3.8) is 0 Å². The van der Waals surface area contributed by atoms with Crippen molar-refractivity contribution in [2.75, 3.05) is 24.6 Å². The molecule has 2 fully saturated rings. The number of pyridine rings is 1. The van der Waals surface area contributed by atoms with Gasteiger partial charge in [-0.15, -0.1) is 10.2 Å².